The smallest absolute Gasteiger partial charge is 0.489 e. The molecular formula is C33H28F2N4O6S. The summed E-state index contributed by atoms with van der Waals surface area (Å²) >= 11 is 1.21. The average molecular weight is 647 g/mol. The van der Waals surface area contributed by atoms with Crippen LogP contribution in [0.3, 0.4) is 0 Å². The molecule has 0 N–H and O–H groups in total. The molecule has 0 radical (unpaired) electrons. The highest BCUT2D eigenvalue weighted by Gasteiger charge is 2.50. The van der Waals surface area contributed by atoms with Gasteiger partial charge in [0.05, 0.1) is 17.2 Å². The third-order valence-electron chi connectivity index (χ3n) is 8.80. The van der Waals surface area contributed by atoms with Gasteiger partial charge in [-0.05, 0) is 50.8 Å². The standard InChI is InChI=1S/C33H28F2N4O6S/c1-18(2)44-32(42)45-29-23(40)8-12-38-28(29)31(41)37-17-39(38)27-20-7-3-6-19(15-36)30(20)46-16-21-25(27)24(14-22(34)26(21)35)43-13-5-11-33(37)9-4-10-33/h3,5-8,11-12,14,18,27H,4,9-10,13,16-17H2,1-2H3/b11-5+. The molecule has 7 rings (SSSR count). The summed E-state index contributed by atoms with van der Waals surface area (Å²) in [5, 5.41) is 11.8. The molecule has 3 aliphatic heterocycles. The third-order valence-corrected chi connectivity index (χ3v) is 9.98. The van der Waals surface area contributed by atoms with E-state index in [1.54, 1.807) is 48.0 Å². The maximum atomic E-state index is 15.8. The van der Waals surface area contributed by atoms with Crippen molar-refractivity contribution in [2.45, 2.75) is 61.4 Å². The number of rotatable bonds is 2. The van der Waals surface area contributed by atoms with E-state index < -0.39 is 52.6 Å². The first kappa shape index (κ1) is 29.9. The van der Waals surface area contributed by atoms with Gasteiger partial charge in [-0.25, -0.2) is 13.6 Å². The van der Waals surface area contributed by atoms with E-state index in [4.69, 9.17) is 14.2 Å². The number of nitriles is 1. The van der Waals surface area contributed by atoms with E-state index in [1.807, 2.05) is 6.08 Å². The minimum absolute atomic E-state index is 0.000166. The second-order valence-electron chi connectivity index (χ2n) is 11.8. The molecule has 1 fully saturated rings. The number of benzene rings is 2. The fourth-order valence-electron chi connectivity index (χ4n) is 6.60. The number of nitrogens with zero attached hydrogens (tertiary/aromatic N) is 4. The molecule has 1 atom stereocenters. The number of aromatic nitrogens is 1. The molecule has 2 aromatic carbocycles. The van der Waals surface area contributed by atoms with Crippen molar-refractivity contribution in [2.75, 3.05) is 18.3 Å². The molecule has 236 valence electrons. The summed E-state index contributed by atoms with van der Waals surface area (Å²) in [4.78, 5) is 42.6. The van der Waals surface area contributed by atoms with Gasteiger partial charge in [-0.2, -0.15) is 5.26 Å². The molecule has 46 heavy (non-hydrogen) atoms. The summed E-state index contributed by atoms with van der Waals surface area (Å²) in [5.74, 6) is -3.08. The van der Waals surface area contributed by atoms with E-state index in [0.29, 0.717) is 34.4 Å². The third kappa shape index (κ3) is 4.62. The molecule has 1 amide bonds. The van der Waals surface area contributed by atoms with Crippen LogP contribution in [0.2, 0.25) is 0 Å². The van der Waals surface area contributed by atoms with Gasteiger partial charge in [-0.15, -0.1) is 11.8 Å². The predicted molar refractivity (Wildman–Crippen MR) is 162 cm³/mol. The summed E-state index contributed by atoms with van der Waals surface area (Å²) in [6, 6.07) is 8.60. The number of halogens is 2. The lowest BCUT2D eigenvalue weighted by Gasteiger charge is -2.54. The van der Waals surface area contributed by atoms with Crippen LogP contribution in [-0.4, -0.2) is 46.6 Å². The number of pyridine rings is 1. The molecule has 3 aromatic rings. The first-order chi connectivity index (χ1) is 22.1. The van der Waals surface area contributed by atoms with Crippen LogP contribution in [0.4, 0.5) is 13.6 Å². The van der Waals surface area contributed by atoms with E-state index in [1.165, 1.54) is 22.6 Å². The lowest BCUT2D eigenvalue weighted by atomic mass is 9.74. The van der Waals surface area contributed by atoms with Gasteiger partial charge in [-0.3, -0.25) is 19.3 Å². The molecular weight excluding hydrogens is 618 g/mol. The van der Waals surface area contributed by atoms with Crippen LogP contribution in [0.1, 0.15) is 71.9 Å². The van der Waals surface area contributed by atoms with Crippen LogP contribution in [0.15, 0.2) is 58.4 Å². The van der Waals surface area contributed by atoms with Crippen LogP contribution in [0.25, 0.3) is 0 Å². The van der Waals surface area contributed by atoms with Crippen molar-refractivity contribution in [2.24, 2.45) is 0 Å². The van der Waals surface area contributed by atoms with Crippen molar-refractivity contribution in [3.8, 4) is 17.6 Å². The Kier molecular flexibility index (Phi) is 7.27. The second kappa shape index (κ2) is 11.2. The van der Waals surface area contributed by atoms with Gasteiger partial charge < -0.3 is 19.1 Å². The quantitative estimate of drug-likeness (QED) is 0.262. The Labute approximate surface area is 266 Å². The molecule has 1 saturated carbocycles. The zero-order chi connectivity index (χ0) is 32.3. The van der Waals surface area contributed by atoms with Gasteiger partial charge >= 0.3 is 6.16 Å². The van der Waals surface area contributed by atoms with E-state index >= 15 is 8.78 Å². The van der Waals surface area contributed by atoms with Crippen molar-refractivity contribution < 1.29 is 32.6 Å². The lowest BCUT2D eigenvalue weighted by molar-refractivity contribution is 0.0251. The molecule has 1 spiro atoms. The van der Waals surface area contributed by atoms with Crippen LogP contribution in [0, 0.1) is 23.0 Å². The van der Waals surface area contributed by atoms with Crippen molar-refractivity contribution in [3.05, 3.63) is 98.5 Å². The Morgan fingerprint density at radius 2 is 2.02 bits per heavy atom. The van der Waals surface area contributed by atoms with Crippen LogP contribution in [0.5, 0.6) is 11.5 Å². The van der Waals surface area contributed by atoms with E-state index in [9.17, 15) is 19.6 Å². The maximum absolute atomic E-state index is 15.8. The zero-order valence-corrected chi connectivity index (χ0v) is 25.7. The predicted octanol–water partition coefficient (Wildman–Crippen LogP) is 5.54. The van der Waals surface area contributed by atoms with Crippen LogP contribution < -0.4 is 19.9 Å². The Hall–Kier alpha value is -4.83. The number of ether oxygens (including phenoxy) is 3. The number of carbonyl (C=O) groups is 2. The van der Waals surface area contributed by atoms with Crippen LogP contribution in [-0.2, 0) is 10.5 Å². The fraction of sp³-hybridized carbons (Fsp3) is 0.333. The SMILES string of the molecule is CC(C)OC(=O)Oc1c2n(ccc1=O)N1CN(C2=O)C2(/C=C/COc3cc(F)c(F)c4c3C1c1cccc(C#N)c1SC4)CCC2. The second-order valence-corrected chi connectivity index (χ2v) is 12.8. The number of thioether (sulfide) groups is 1. The molecule has 2 bridgehead atoms. The summed E-state index contributed by atoms with van der Waals surface area (Å²) in [6.07, 6.45) is 5.37. The summed E-state index contributed by atoms with van der Waals surface area (Å²) < 4.78 is 49.1. The highest BCUT2D eigenvalue weighted by atomic mass is 32.2. The summed E-state index contributed by atoms with van der Waals surface area (Å²) in [7, 11) is 0. The van der Waals surface area contributed by atoms with E-state index in [2.05, 4.69) is 6.07 Å². The van der Waals surface area contributed by atoms with Gasteiger partial charge in [-0.1, -0.05) is 18.2 Å². The normalized spacial score (nSPS) is 19.7. The number of fused-ring (bicyclic) bond motifs is 8. The Balaban J connectivity index is 1.55. The maximum Gasteiger partial charge on any atom is 0.514 e. The minimum Gasteiger partial charge on any atom is -0.489 e. The van der Waals surface area contributed by atoms with Crippen molar-refractivity contribution >= 4 is 23.8 Å². The highest BCUT2D eigenvalue weighted by molar-refractivity contribution is 7.98. The number of hydrogen-bond acceptors (Lipinski definition) is 9. The number of carbonyl (C=O) groups excluding carboxylic acids is 2. The molecule has 1 aliphatic carbocycles. The Morgan fingerprint density at radius 1 is 1.22 bits per heavy atom. The van der Waals surface area contributed by atoms with Crippen molar-refractivity contribution in [3.63, 3.8) is 0 Å². The van der Waals surface area contributed by atoms with Gasteiger partial charge in [0, 0.05) is 40.1 Å². The van der Waals surface area contributed by atoms with E-state index in [-0.39, 0.29) is 36.0 Å². The number of amides is 1. The molecule has 1 aromatic heterocycles. The first-order valence-electron chi connectivity index (χ1n) is 14.8. The average Bonchev–Trinajstić information content (AvgIpc) is 3.18. The van der Waals surface area contributed by atoms with E-state index in [0.717, 1.165) is 18.6 Å². The molecule has 0 saturated heterocycles. The highest BCUT2D eigenvalue weighted by Crippen LogP contribution is 2.50. The first-order valence-corrected chi connectivity index (χ1v) is 15.8. The zero-order valence-electron chi connectivity index (χ0n) is 24.9. The molecule has 10 nitrogen and oxygen atoms in total. The van der Waals surface area contributed by atoms with Gasteiger partial charge in [0.15, 0.2) is 17.3 Å². The van der Waals surface area contributed by atoms with Crippen molar-refractivity contribution in [1.82, 2.24) is 9.58 Å². The molecule has 4 aliphatic rings. The largest absolute Gasteiger partial charge is 0.514 e. The van der Waals surface area contributed by atoms with Gasteiger partial charge in [0.1, 0.15) is 31.1 Å². The molecule has 13 heteroatoms. The molecule has 1 unspecified atom stereocenters. The fourth-order valence-corrected chi connectivity index (χ4v) is 7.78. The van der Waals surface area contributed by atoms with Gasteiger partial charge in [0.2, 0.25) is 11.2 Å². The lowest BCUT2D eigenvalue weighted by Crippen LogP contribution is -2.64. The Morgan fingerprint density at radius 3 is 2.74 bits per heavy atom. The van der Waals surface area contributed by atoms with Gasteiger partial charge in [0.25, 0.3) is 5.91 Å². The summed E-state index contributed by atoms with van der Waals surface area (Å²) in [5.41, 5.74) is -0.401. The summed E-state index contributed by atoms with van der Waals surface area (Å²) in [6.45, 7) is 3.21. The Bertz CT molecular complexity index is 1930. The number of hydrogen-bond donors (Lipinski definition) is 0. The minimum atomic E-state index is -1.15. The topological polar surface area (TPSA) is 114 Å². The van der Waals surface area contributed by atoms with Crippen molar-refractivity contribution in [1.29, 1.82) is 5.26 Å². The monoisotopic (exact) mass is 646 g/mol. The molecule has 4 heterocycles. The van der Waals surface area contributed by atoms with Crippen LogP contribution >= 0.6 is 11.8 Å².